The molecule has 0 fully saturated rings. The molecular weight excluding hydrogens is 350 g/mol. The molecule has 0 saturated heterocycles. The van der Waals surface area contributed by atoms with Gasteiger partial charge in [0, 0.05) is 5.69 Å². The van der Waals surface area contributed by atoms with Gasteiger partial charge >= 0.3 is 11.9 Å². The lowest BCUT2D eigenvalue weighted by molar-refractivity contribution is -0.118. The highest BCUT2D eigenvalue weighted by Crippen LogP contribution is 2.18. The Morgan fingerprint density at radius 2 is 1.56 bits per heavy atom. The minimum atomic E-state index is -0.635. The predicted molar refractivity (Wildman–Crippen MR) is 99.1 cm³/mol. The first-order chi connectivity index (χ1) is 13.0. The molecule has 0 bridgehead atoms. The Labute approximate surface area is 157 Å². The normalized spacial score (nSPS) is 10.0. The monoisotopic (exact) mass is 371 g/mol. The van der Waals surface area contributed by atoms with Crippen LogP contribution < -0.4 is 10.1 Å². The molecule has 7 heteroatoms. The van der Waals surface area contributed by atoms with Crippen molar-refractivity contribution in [1.29, 1.82) is 0 Å². The number of aryl methyl sites for hydroxylation is 1. The number of ether oxygens (including phenoxy) is 3. The predicted octanol–water partition coefficient (Wildman–Crippen LogP) is 2.84. The molecule has 0 aliphatic heterocycles. The fraction of sp³-hybridized carbons (Fsp3) is 0.250. The second-order valence-corrected chi connectivity index (χ2v) is 5.62. The van der Waals surface area contributed by atoms with Gasteiger partial charge in [-0.1, -0.05) is 19.1 Å². The third-order valence-electron chi connectivity index (χ3n) is 3.74. The second kappa shape index (κ2) is 9.38. The van der Waals surface area contributed by atoms with Gasteiger partial charge in [0.05, 0.1) is 25.3 Å². The number of methoxy groups -OCH3 is 2. The summed E-state index contributed by atoms with van der Waals surface area (Å²) < 4.78 is 14.8. The van der Waals surface area contributed by atoms with Crippen LogP contribution in [0.5, 0.6) is 5.75 Å². The highest BCUT2D eigenvalue weighted by Gasteiger charge is 2.15. The molecule has 0 spiro atoms. The van der Waals surface area contributed by atoms with Crippen molar-refractivity contribution in [2.45, 2.75) is 13.3 Å². The molecule has 2 aromatic rings. The summed E-state index contributed by atoms with van der Waals surface area (Å²) in [5, 5.41) is 2.60. The van der Waals surface area contributed by atoms with Gasteiger partial charge in [-0.15, -0.1) is 0 Å². The fourth-order valence-corrected chi connectivity index (χ4v) is 2.37. The zero-order valence-corrected chi connectivity index (χ0v) is 15.4. The average molecular weight is 371 g/mol. The molecule has 1 N–H and O–H groups in total. The Balaban J connectivity index is 2.11. The lowest BCUT2D eigenvalue weighted by atomic mass is 10.1. The number of esters is 2. The Kier molecular flexibility index (Phi) is 6.93. The lowest BCUT2D eigenvalue weighted by Crippen LogP contribution is -2.21. The topological polar surface area (TPSA) is 90.9 Å². The summed E-state index contributed by atoms with van der Waals surface area (Å²) in [7, 11) is 2.45. The number of hydrogen-bond acceptors (Lipinski definition) is 6. The van der Waals surface area contributed by atoms with Crippen LogP contribution in [-0.4, -0.2) is 38.7 Å². The molecule has 7 nitrogen and oxygen atoms in total. The van der Waals surface area contributed by atoms with E-state index in [4.69, 9.17) is 4.74 Å². The summed E-state index contributed by atoms with van der Waals surface area (Å²) in [6.45, 7) is 1.81. The molecule has 1 amide bonds. The molecular formula is C20H21NO6. The first-order valence-electron chi connectivity index (χ1n) is 8.30. The van der Waals surface area contributed by atoms with Crippen LogP contribution in [0.25, 0.3) is 0 Å². The standard InChI is InChI=1S/C20H21NO6/c1-4-13-6-5-7-17(8-13)27-12-18(22)21-16-10-14(19(23)25-2)9-15(11-16)20(24)26-3/h5-11H,4,12H2,1-3H3,(H,21,22). The van der Waals surface area contributed by atoms with Gasteiger partial charge in [0.1, 0.15) is 5.75 Å². The van der Waals surface area contributed by atoms with Crippen LogP contribution in [0.3, 0.4) is 0 Å². The maximum atomic E-state index is 12.2. The fourth-order valence-electron chi connectivity index (χ4n) is 2.37. The number of carbonyl (C=O) groups excluding carboxylic acids is 3. The van der Waals surface area contributed by atoms with E-state index in [0.717, 1.165) is 12.0 Å². The Morgan fingerprint density at radius 3 is 2.11 bits per heavy atom. The van der Waals surface area contributed by atoms with Gasteiger partial charge in [0.2, 0.25) is 0 Å². The first-order valence-corrected chi connectivity index (χ1v) is 8.30. The molecule has 142 valence electrons. The van der Waals surface area contributed by atoms with Crippen molar-refractivity contribution < 1.29 is 28.6 Å². The molecule has 2 rings (SSSR count). The van der Waals surface area contributed by atoms with Crippen LogP contribution in [0.15, 0.2) is 42.5 Å². The summed E-state index contributed by atoms with van der Waals surface area (Å²) in [4.78, 5) is 35.7. The smallest absolute Gasteiger partial charge is 0.337 e. The van der Waals surface area contributed by atoms with Crippen molar-refractivity contribution in [2.24, 2.45) is 0 Å². The Bertz CT molecular complexity index is 812. The van der Waals surface area contributed by atoms with Gasteiger partial charge in [-0.3, -0.25) is 4.79 Å². The highest BCUT2D eigenvalue weighted by atomic mass is 16.5. The van der Waals surface area contributed by atoms with E-state index in [-0.39, 0.29) is 23.4 Å². The number of rotatable bonds is 7. The second-order valence-electron chi connectivity index (χ2n) is 5.62. The summed E-state index contributed by atoms with van der Waals surface area (Å²) in [6.07, 6.45) is 0.861. The van der Waals surface area contributed by atoms with E-state index in [1.165, 1.54) is 32.4 Å². The van der Waals surface area contributed by atoms with Crippen LogP contribution in [0, 0.1) is 0 Å². The van der Waals surface area contributed by atoms with Crippen molar-refractivity contribution in [2.75, 3.05) is 26.1 Å². The largest absolute Gasteiger partial charge is 0.484 e. The van der Waals surface area contributed by atoms with Crippen molar-refractivity contribution in [3.63, 3.8) is 0 Å². The van der Waals surface area contributed by atoms with Crippen LogP contribution in [-0.2, 0) is 20.7 Å². The number of hydrogen-bond donors (Lipinski definition) is 1. The van der Waals surface area contributed by atoms with Crippen molar-refractivity contribution in [1.82, 2.24) is 0 Å². The van der Waals surface area contributed by atoms with Crippen LogP contribution in [0.1, 0.15) is 33.2 Å². The molecule has 0 atom stereocenters. The molecule has 0 aliphatic rings. The van der Waals surface area contributed by atoms with Gasteiger partial charge in [-0.25, -0.2) is 9.59 Å². The van der Waals surface area contributed by atoms with Crippen LogP contribution >= 0.6 is 0 Å². The minimum absolute atomic E-state index is 0.118. The van der Waals surface area contributed by atoms with Crippen molar-refractivity contribution >= 4 is 23.5 Å². The zero-order chi connectivity index (χ0) is 19.8. The van der Waals surface area contributed by atoms with Gasteiger partial charge < -0.3 is 19.5 Å². The molecule has 0 saturated carbocycles. The van der Waals surface area contributed by atoms with Gasteiger partial charge in [-0.2, -0.15) is 0 Å². The van der Waals surface area contributed by atoms with Gasteiger partial charge in [0.25, 0.3) is 5.91 Å². The molecule has 0 unspecified atom stereocenters. The number of nitrogens with one attached hydrogen (secondary N) is 1. The highest BCUT2D eigenvalue weighted by molar-refractivity contribution is 5.99. The van der Waals surface area contributed by atoms with Gasteiger partial charge in [-0.05, 0) is 42.3 Å². The Hall–Kier alpha value is -3.35. The first kappa shape index (κ1) is 20.0. The number of carbonyl (C=O) groups is 3. The van der Waals surface area contributed by atoms with Gasteiger partial charge in [0.15, 0.2) is 6.61 Å². The zero-order valence-electron chi connectivity index (χ0n) is 15.4. The molecule has 2 aromatic carbocycles. The summed E-state index contributed by atoms with van der Waals surface area (Å²) in [6, 6.07) is 11.6. The average Bonchev–Trinajstić information content (AvgIpc) is 2.70. The molecule has 0 radical (unpaired) electrons. The third kappa shape index (κ3) is 5.57. The van der Waals surface area contributed by atoms with E-state index < -0.39 is 17.8 Å². The summed E-state index contributed by atoms with van der Waals surface area (Å²) >= 11 is 0. The van der Waals surface area contributed by atoms with Crippen LogP contribution in [0.2, 0.25) is 0 Å². The SMILES string of the molecule is CCc1cccc(OCC(=O)Nc2cc(C(=O)OC)cc(C(=O)OC)c2)c1. The van der Waals surface area contributed by atoms with Crippen LogP contribution in [0.4, 0.5) is 5.69 Å². The minimum Gasteiger partial charge on any atom is -0.484 e. The van der Waals surface area contributed by atoms with E-state index >= 15 is 0 Å². The Morgan fingerprint density at radius 1 is 0.926 bits per heavy atom. The van der Waals surface area contributed by atoms with E-state index in [1.54, 1.807) is 6.07 Å². The van der Waals surface area contributed by atoms with Crippen molar-refractivity contribution in [3.05, 3.63) is 59.2 Å². The molecule has 0 aliphatic carbocycles. The summed E-state index contributed by atoms with van der Waals surface area (Å²) in [5.74, 6) is -1.12. The maximum Gasteiger partial charge on any atom is 0.337 e. The third-order valence-corrected chi connectivity index (χ3v) is 3.74. The molecule has 0 aromatic heterocycles. The van der Waals surface area contributed by atoms with E-state index in [9.17, 15) is 14.4 Å². The molecule has 0 heterocycles. The molecule has 27 heavy (non-hydrogen) atoms. The van der Waals surface area contributed by atoms with Crippen molar-refractivity contribution in [3.8, 4) is 5.75 Å². The number of amides is 1. The summed E-state index contributed by atoms with van der Waals surface area (Å²) in [5.41, 5.74) is 1.59. The number of anilines is 1. The quantitative estimate of drug-likeness (QED) is 0.753. The number of benzene rings is 2. The van der Waals surface area contributed by atoms with E-state index in [1.807, 2.05) is 25.1 Å². The van der Waals surface area contributed by atoms with E-state index in [2.05, 4.69) is 14.8 Å². The lowest BCUT2D eigenvalue weighted by Gasteiger charge is -2.11. The van der Waals surface area contributed by atoms with E-state index in [0.29, 0.717) is 5.75 Å². The maximum absolute atomic E-state index is 12.2.